The third-order valence-corrected chi connectivity index (χ3v) is 8.52. The minimum atomic E-state index is -1.94. The van der Waals surface area contributed by atoms with Crippen LogP contribution in [-0.4, -0.2) is 24.6 Å². The SMILES string of the molecule is CC(C)(C)OC(=O)n1c(C#N)ccc1CO[Si](C)(C)C(C)(C)C. The Labute approximate surface area is 140 Å². The molecule has 0 aliphatic heterocycles. The molecule has 0 atom stereocenters. The standard InChI is InChI=1S/C17H28N2O3Si/c1-16(2,3)22-15(20)19-13(11-18)9-10-14(19)12-21-23(7,8)17(4,5)6/h9-10H,12H2,1-8H3. The van der Waals surface area contributed by atoms with Gasteiger partial charge in [-0.05, 0) is 51.0 Å². The molecule has 5 nitrogen and oxygen atoms in total. The molecule has 0 bridgehead atoms. The van der Waals surface area contributed by atoms with Crippen molar-refractivity contribution in [3.05, 3.63) is 23.5 Å². The van der Waals surface area contributed by atoms with Crippen LogP contribution >= 0.6 is 0 Å². The number of nitrogens with zero attached hydrogens (tertiary/aromatic N) is 2. The van der Waals surface area contributed by atoms with Gasteiger partial charge in [0.15, 0.2) is 8.32 Å². The van der Waals surface area contributed by atoms with Gasteiger partial charge >= 0.3 is 6.09 Å². The summed E-state index contributed by atoms with van der Waals surface area (Å²) in [5, 5.41) is 9.30. The first-order valence-corrected chi connectivity index (χ1v) is 10.7. The van der Waals surface area contributed by atoms with Crippen LogP contribution in [0.25, 0.3) is 0 Å². The number of carbonyl (C=O) groups excluding carboxylic acids is 1. The molecule has 1 rings (SSSR count). The smallest absolute Gasteiger partial charge is 0.419 e. The van der Waals surface area contributed by atoms with Crippen molar-refractivity contribution in [1.82, 2.24) is 4.57 Å². The molecule has 0 fully saturated rings. The second kappa shape index (κ2) is 6.50. The molecule has 0 radical (unpaired) electrons. The van der Waals surface area contributed by atoms with Gasteiger partial charge in [-0.15, -0.1) is 0 Å². The zero-order valence-electron chi connectivity index (χ0n) is 15.5. The van der Waals surface area contributed by atoms with Gasteiger partial charge in [0.2, 0.25) is 0 Å². The molecule has 6 heteroatoms. The maximum atomic E-state index is 12.4. The highest BCUT2D eigenvalue weighted by Crippen LogP contribution is 2.37. The molecule has 1 heterocycles. The molecule has 0 spiro atoms. The van der Waals surface area contributed by atoms with Crippen LogP contribution in [0.2, 0.25) is 18.1 Å². The van der Waals surface area contributed by atoms with Gasteiger partial charge in [-0.1, -0.05) is 20.8 Å². The Hall–Kier alpha value is -1.58. The first kappa shape index (κ1) is 19.5. The van der Waals surface area contributed by atoms with Gasteiger partial charge in [0, 0.05) is 0 Å². The predicted octanol–water partition coefficient (Wildman–Crippen LogP) is 4.66. The number of ether oxygens (including phenoxy) is 1. The molecule has 1 aromatic rings. The summed E-state index contributed by atoms with van der Waals surface area (Å²) in [6.07, 6.45) is -0.548. The second-order valence-electron chi connectivity index (χ2n) is 8.19. The highest BCUT2D eigenvalue weighted by atomic mass is 28.4. The van der Waals surface area contributed by atoms with Gasteiger partial charge in [-0.2, -0.15) is 5.26 Å². The van der Waals surface area contributed by atoms with Crippen molar-refractivity contribution in [2.45, 2.75) is 71.9 Å². The highest BCUT2D eigenvalue weighted by molar-refractivity contribution is 6.74. The van der Waals surface area contributed by atoms with Crippen LogP contribution in [0.15, 0.2) is 12.1 Å². The Bertz CT molecular complexity index is 613. The fraction of sp³-hybridized carbons (Fsp3) is 0.647. The normalized spacial score (nSPS) is 12.8. The molecule has 0 saturated heterocycles. The van der Waals surface area contributed by atoms with E-state index in [2.05, 4.69) is 33.9 Å². The van der Waals surface area contributed by atoms with E-state index in [-0.39, 0.29) is 17.3 Å². The third kappa shape index (κ3) is 4.95. The summed E-state index contributed by atoms with van der Waals surface area (Å²) in [6.45, 7) is 16.5. The minimum Gasteiger partial charge on any atom is -0.443 e. The van der Waals surface area contributed by atoms with E-state index in [4.69, 9.17) is 9.16 Å². The molecule has 0 aromatic carbocycles. The topological polar surface area (TPSA) is 64.2 Å². The van der Waals surface area contributed by atoms with Gasteiger partial charge in [-0.25, -0.2) is 9.36 Å². The van der Waals surface area contributed by atoms with Gasteiger partial charge < -0.3 is 9.16 Å². The lowest BCUT2D eigenvalue weighted by molar-refractivity contribution is 0.0525. The molecular weight excluding hydrogens is 308 g/mol. The van der Waals surface area contributed by atoms with Crippen LogP contribution in [0, 0.1) is 11.3 Å². The van der Waals surface area contributed by atoms with E-state index < -0.39 is 20.0 Å². The average molecular weight is 337 g/mol. The van der Waals surface area contributed by atoms with Gasteiger partial charge in [0.25, 0.3) is 0 Å². The minimum absolute atomic E-state index is 0.0778. The maximum Gasteiger partial charge on any atom is 0.419 e. The molecule has 0 amide bonds. The van der Waals surface area contributed by atoms with Crippen molar-refractivity contribution < 1.29 is 14.0 Å². The maximum absolute atomic E-state index is 12.4. The molecular formula is C17H28N2O3Si. The lowest BCUT2D eigenvalue weighted by Gasteiger charge is -2.36. The average Bonchev–Trinajstić information content (AvgIpc) is 2.75. The lowest BCUT2D eigenvalue weighted by atomic mass is 10.2. The molecule has 0 N–H and O–H groups in total. The fourth-order valence-electron chi connectivity index (χ4n) is 1.67. The Balaban J connectivity index is 3.04. The Morgan fingerprint density at radius 3 is 2.22 bits per heavy atom. The summed E-state index contributed by atoms with van der Waals surface area (Å²) in [5.41, 5.74) is 0.278. The second-order valence-corrected chi connectivity index (χ2v) is 13.0. The van der Waals surface area contributed by atoms with Crippen LogP contribution in [0.1, 0.15) is 52.9 Å². The molecule has 0 saturated carbocycles. The molecule has 128 valence electrons. The lowest BCUT2D eigenvalue weighted by Crippen LogP contribution is -2.40. The number of nitriles is 1. The van der Waals surface area contributed by atoms with Crippen LogP contribution in [0.5, 0.6) is 0 Å². The molecule has 0 unspecified atom stereocenters. The van der Waals surface area contributed by atoms with Crippen molar-refractivity contribution >= 4 is 14.4 Å². The summed E-state index contributed by atoms with van der Waals surface area (Å²) < 4.78 is 12.9. The van der Waals surface area contributed by atoms with Crippen LogP contribution < -0.4 is 0 Å². The van der Waals surface area contributed by atoms with E-state index in [1.807, 2.05) is 6.07 Å². The molecule has 23 heavy (non-hydrogen) atoms. The zero-order chi connectivity index (χ0) is 18.1. The van der Waals surface area contributed by atoms with E-state index in [0.717, 1.165) is 0 Å². The number of carbonyl (C=O) groups is 1. The van der Waals surface area contributed by atoms with E-state index in [9.17, 15) is 10.1 Å². The number of aromatic nitrogens is 1. The molecule has 0 aliphatic rings. The van der Waals surface area contributed by atoms with Gasteiger partial charge in [-0.3, -0.25) is 0 Å². The summed E-state index contributed by atoms with van der Waals surface area (Å²) in [6, 6.07) is 5.39. The number of hydrogen-bond donors (Lipinski definition) is 0. The summed E-state index contributed by atoms with van der Waals surface area (Å²) in [5.74, 6) is 0. The van der Waals surface area contributed by atoms with Gasteiger partial charge in [0.05, 0.1) is 12.3 Å². The fourth-order valence-corrected chi connectivity index (χ4v) is 2.61. The summed E-state index contributed by atoms with van der Waals surface area (Å²) >= 11 is 0. The van der Waals surface area contributed by atoms with Crippen molar-refractivity contribution in [1.29, 1.82) is 5.26 Å². The van der Waals surface area contributed by atoms with Gasteiger partial charge in [0.1, 0.15) is 17.4 Å². The highest BCUT2D eigenvalue weighted by Gasteiger charge is 2.37. The zero-order valence-corrected chi connectivity index (χ0v) is 16.5. The van der Waals surface area contributed by atoms with E-state index in [1.165, 1.54) is 4.57 Å². The van der Waals surface area contributed by atoms with Crippen LogP contribution in [0.3, 0.4) is 0 Å². The largest absolute Gasteiger partial charge is 0.443 e. The Kier molecular flexibility index (Phi) is 5.50. The number of rotatable bonds is 3. The monoisotopic (exact) mass is 336 g/mol. The first-order valence-electron chi connectivity index (χ1n) is 7.76. The predicted molar refractivity (Wildman–Crippen MR) is 92.8 cm³/mol. The van der Waals surface area contributed by atoms with E-state index >= 15 is 0 Å². The Morgan fingerprint density at radius 1 is 1.22 bits per heavy atom. The number of hydrogen-bond acceptors (Lipinski definition) is 4. The van der Waals surface area contributed by atoms with Crippen molar-refractivity contribution in [3.63, 3.8) is 0 Å². The third-order valence-electron chi connectivity index (χ3n) is 4.04. The van der Waals surface area contributed by atoms with Crippen LogP contribution in [0.4, 0.5) is 4.79 Å². The van der Waals surface area contributed by atoms with Crippen molar-refractivity contribution in [2.24, 2.45) is 0 Å². The Morgan fingerprint density at radius 2 is 1.78 bits per heavy atom. The quantitative estimate of drug-likeness (QED) is 0.753. The summed E-state index contributed by atoms with van der Waals surface area (Å²) in [7, 11) is -1.94. The summed E-state index contributed by atoms with van der Waals surface area (Å²) in [4.78, 5) is 12.4. The van der Waals surface area contributed by atoms with Crippen molar-refractivity contribution in [2.75, 3.05) is 0 Å². The molecule has 1 aromatic heterocycles. The molecule has 0 aliphatic carbocycles. The first-order chi connectivity index (χ1) is 10.3. The van der Waals surface area contributed by atoms with E-state index in [1.54, 1.807) is 32.9 Å². The van der Waals surface area contributed by atoms with Crippen LogP contribution in [-0.2, 0) is 15.8 Å². The van der Waals surface area contributed by atoms with E-state index in [0.29, 0.717) is 5.69 Å². The van der Waals surface area contributed by atoms with Crippen molar-refractivity contribution in [3.8, 4) is 6.07 Å².